The largest absolute Gasteiger partial charge is 0.494 e. The number of hydrogen-bond donors (Lipinski definition) is 1. The summed E-state index contributed by atoms with van der Waals surface area (Å²) in [7, 11) is 0. The molecule has 2 aliphatic heterocycles. The van der Waals surface area contributed by atoms with E-state index in [0.29, 0.717) is 13.2 Å². The maximum Gasteiger partial charge on any atom is 0.241 e. The van der Waals surface area contributed by atoms with Crippen molar-refractivity contribution < 1.29 is 9.53 Å². The molecule has 1 fully saturated rings. The number of fused-ring (bicyclic) bond motifs is 1. The van der Waals surface area contributed by atoms with Gasteiger partial charge in [0.25, 0.3) is 0 Å². The van der Waals surface area contributed by atoms with E-state index >= 15 is 0 Å². The zero-order valence-electron chi connectivity index (χ0n) is 15.3. The summed E-state index contributed by atoms with van der Waals surface area (Å²) < 4.78 is 5.54. The Hall–Kier alpha value is -2.33. The minimum absolute atomic E-state index is 0.178. The zero-order valence-corrected chi connectivity index (χ0v) is 15.3. The van der Waals surface area contributed by atoms with Crippen LogP contribution in [0, 0.1) is 0 Å². The summed E-state index contributed by atoms with van der Waals surface area (Å²) in [5.41, 5.74) is 3.33. The van der Waals surface area contributed by atoms with Crippen LogP contribution >= 0.6 is 0 Å². The normalized spacial score (nSPS) is 22.7. The average Bonchev–Trinajstić information content (AvgIpc) is 2.99. The molecule has 0 aliphatic carbocycles. The highest BCUT2D eigenvalue weighted by Crippen LogP contribution is 2.36. The Kier molecular flexibility index (Phi) is 4.68. The predicted octanol–water partition coefficient (Wildman–Crippen LogP) is 3.29. The van der Waals surface area contributed by atoms with Gasteiger partial charge in [-0.2, -0.15) is 0 Å². The molecule has 1 unspecified atom stereocenters. The minimum Gasteiger partial charge on any atom is -0.494 e. The van der Waals surface area contributed by atoms with Crippen LogP contribution in [0.2, 0.25) is 0 Å². The molecule has 26 heavy (non-hydrogen) atoms. The number of amides is 1. The summed E-state index contributed by atoms with van der Waals surface area (Å²) in [6.07, 6.45) is 2.78. The lowest BCUT2D eigenvalue weighted by molar-refractivity contribution is -0.132. The molecule has 136 valence electrons. The van der Waals surface area contributed by atoms with E-state index in [4.69, 9.17) is 4.74 Å². The van der Waals surface area contributed by atoms with Crippen molar-refractivity contribution in [2.45, 2.75) is 44.8 Å². The van der Waals surface area contributed by atoms with E-state index < -0.39 is 5.54 Å². The predicted molar refractivity (Wildman–Crippen MR) is 102 cm³/mol. The molecule has 2 heterocycles. The minimum atomic E-state index is -0.425. The maximum atomic E-state index is 13.1. The van der Waals surface area contributed by atoms with Crippen molar-refractivity contribution in [1.29, 1.82) is 0 Å². The summed E-state index contributed by atoms with van der Waals surface area (Å²) in [6, 6.07) is 16.7. The van der Waals surface area contributed by atoms with Gasteiger partial charge in [0.15, 0.2) is 0 Å². The van der Waals surface area contributed by atoms with Gasteiger partial charge in [-0.25, -0.2) is 0 Å². The van der Waals surface area contributed by atoms with Gasteiger partial charge in [0.1, 0.15) is 11.3 Å². The molecule has 2 aliphatic rings. The van der Waals surface area contributed by atoms with Gasteiger partial charge in [-0.3, -0.25) is 9.69 Å². The standard InChI is InChI=1S/C22H26N2O2/c1-2-26-20-10-8-17(9-11-20)16-24-13-5-12-22(24)14-18-6-3-4-7-19(18)15-23-21(22)25/h3-4,6-11H,2,5,12-16H2,1H3,(H,23,25). The van der Waals surface area contributed by atoms with Gasteiger partial charge in [-0.1, -0.05) is 36.4 Å². The van der Waals surface area contributed by atoms with Gasteiger partial charge in [-0.05, 0) is 55.1 Å². The van der Waals surface area contributed by atoms with Gasteiger partial charge in [-0.15, -0.1) is 0 Å². The fraction of sp³-hybridized carbons (Fsp3) is 0.409. The Bertz CT molecular complexity index is 787. The molecule has 2 aromatic rings. The van der Waals surface area contributed by atoms with Gasteiger partial charge >= 0.3 is 0 Å². The van der Waals surface area contributed by atoms with E-state index in [1.807, 2.05) is 19.1 Å². The monoisotopic (exact) mass is 350 g/mol. The van der Waals surface area contributed by atoms with E-state index in [2.05, 4.69) is 46.6 Å². The highest BCUT2D eigenvalue weighted by atomic mass is 16.5. The summed E-state index contributed by atoms with van der Waals surface area (Å²) in [5.74, 6) is 1.07. The van der Waals surface area contributed by atoms with Crippen molar-refractivity contribution >= 4 is 5.91 Å². The fourth-order valence-corrected chi connectivity index (χ4v) is 4.34. The van der Waals surface area contributed by atoms with E-state index in [1.165, 1.54) is 16.7 Å². The molecular formula is C22H26N2O2. The molecule has 4 nitrogen and oxygen atoms in total. The maximum absolute atomic E-state index is 13.1. The molecule has 0 bridgehead atoms. The SMILES string of the molecule is CCOc1ccc(CN2CCCC23Cc2ccccc2CNC3=O)cc1. The quantitative estimate of drug-likeness (QED) is 0.920. The van der Waals surface area contributed by atoms with Crippen LogP contribution in [0.25, 0.3) is 0 Å². The molecular weight excluding hydrogens is 324 g/mol. The third kappa shape index (κ3) is 3.10. The number of nitrogens with one attached hydrogen (secondary N) is 1. The van der Waals surface area contributed by atoms with Crippen LogP contribution in [0.15, 0.2) is 48.5 Å². The summed E-state index contributed by atoms with van der Waals surface area (Å²) in [4.78, 5) is 15.4. The molecule has 1 atom stereocenters. The zero-order chi connectivity index (χ0) is 18.0. The third-order valence-corrected chi connectivity index (χ3v) is 5.69. The van der Waals surface area contributed by atoms with Gasteiger partial charge in [0, 0.05) is 19.5 Å². The van der Waals surface area contributed by atoms with E-state index in [9.17, 15) is 4.79 Å². The van der Waals surface area contributed by atoms with Crippen LogP contribution < -0.4 is 10.1 Å². The summed E-state index contributed by atoms with van der Waals surface area (Å²) in [5, 5.41) is 3.17. The van der Waals surface area contributed by atoms with E-state index in [1.54, 1.807) is 0 Å². The lowest BCUT2D eigenvalue weighted by atomic mass is 9.86. The van der Waals surface area contributed by atoms with Crippen molar-refractivity contribution in [3.8, 4) is 5.75 Å². The number of nitrogens with zero attached hydrogens (tertiary/aromatic N) is 1. The van der Waals surface area contributed by atoms with Crippen LogP contribution in [0.1, 0.15) is 36.5 Å². The Morgan fingerprint density at radius 2 is 1.88 bits per heavy atom. The van der Waals surface area contributed by atoms with Crippen molar-refractivity contribution in [3.05, 3.63) is 65.2 Å². The van der Waals surface area contributed by atoms with Crippen molar-refractivity contribution in [2.24, 2.45) is 0 Å². The summed E-state index contributed by atoms with van der Waals surface area (Å²) in [6.45, 7) is 5.05. The van der Waals surface area contributed by atoms with Crippen LogP contribution in [0.3, 0.4) is 0 Å². The smallest absolute Gasteiger partial charge is 0.241 e. The second-order valence-electron chi connectivity index (χ2n) is 7.26. The van der Waals surface area contributed by atoms with Crippen LogP contribution in [0.4, 0.5) is 0 Å². The molecule has 0 radical (unpaired) electrons. The number of carbonyl (C=O) groups is 1. The first-order valence-electron chi connectivity index (χ1n) is 9.53. The van der Waals surface area contributed by atoms with Gasteiger partial charge < -0.3 is 10.1 Å². The topological polar surface area (TPSA) is 41.6 Å². The average molecular weight is 350 g/mol. The first-order chi connectivity index (χ1) is 12.7. The Morgan fingerprint density at radius 3 is 2.65 bits per heavy atom. The first kappa shape index (κ1) is 17.1. The lowest BCUT2D eigenvalue weighted by Gasteiger charge is -2.36. The molecule has 2 aromatic carbocycles. The van der Waals surface area contributed by atoms with E-state index in [0.717, 1.165) is 38.1 Å². The summed E-state index contributed by atoms with van der Waals surface area (Å²) >= 11 is 0. The van der Waals surface area contributed by atoms with Crippen molar-refractivity contribution in [2.75, 3.05) is 13.2 Å². The van der Waals surface area contributed by atoms with Gasteiger partial charge in [0.2, 0.25) is 5.91 Å². The highest BCUT2D eigenvalue weighted by Gasteiger charge is 2.48. The molecule has 1 saturated heterocycles. The molecule has 1 amide bonds. The Labute approximate surface area is 155 Å². The van der Waals surface area contributed by atoms with Crippen LogP contribution in [-0.4, -0.2) is 29.5 Å². The third-order valence-electron chi connectivity index (χ3n) is 5.69. The van der Waals surface area contributed by atoms with Crippen molar-refractivity contribution in [1.82, 2.24) is 10.2 Å². The number of benzene rings is 2. The van der Waals surface area contributed by atoms with Crippen molar-refractivity contribution in [3.63, 3.8) is 0 Å². The Morgan fingerprint density at radius 1 is 1.12 bits per heavy atom. The first-order valence-corrected chi connectivity index (χ1v) is 9.53. The Balaban J connectivity index is 1.59. The highest BCUT2D eigenvalue weighted by molar-refractivity contribution is 5.87. The number of rotatable bonds is 4. The van der Waals surface area contributed by atoms with Gasteiger partial charge in [0.05, 0.1) is 6.61 Å². The molecule has 0 aromatic heterocycles. The molecule has 4 rings (SSSR count). The van der Waals surface area contributed by atoms with E-state index in [-0.39, 0.29) is 5.91 Å². The molecule has 4 heteroatoms. The second kappa shape index (κ2) is 7.12. The second-order valence-corrected chi connectivity index (χ2v) is 7.26. The molecule has 1 spiro atoms. The lowest BCUT2D eigenvalue weighted by Crippen LogP contribution is -2.55. The number of likely N-dealkylation sites (tertiary alicyclic amines) is 1. The van der Waals surface area contributed by atoms with Crippen LogP contribution in [0.5, 0.6) is 5.75 Å². The molecule has 0 saturated carbocycles. The number of hydrogen-bond acceptors (Lipinski definition) is 3. The number of ether oxygens (including phenoxy) is 1. The fourth-order valence-electron chi connectivity index (χ4n) is 4.34. The van der Waals surface area contributed by atoms with Crippen LogP contribution in [-0.2, 0) is 24.3 Å². The molecule has 1 N–H and O–H groups in total. The number of carbonyl (C=O) groups excluding carboxylic acids is 1.